The predicted molar refractivity (Wildman–Crippen MR) is 123 cm³/mol. The lowest BCUT2D eigenvalue weighted by atomic mass is 9.99. The molecular weight excluding hydrogens is 495 g/mol. The summed E-state index contributed by atoms with van der Waals surface area (Å²) < 4.78 is 80.9. The van der Waals surface area contributed by atoms with E-state index in [-0.39, 0.29) is 23.6 Å². The Morgan fingerprint density at radius 3 is 2.35 bits per heavy atom. The minimum Gasteiger partial charge on any atom is -0.454 e. The van der Waals surface area contributed by atoms with Gasteiger partial charge in [0.25, 0.3) is 5.56 Å². The number of hydrogen-bond acceptors (Lipinski definition) is 4. The van der Waals surface area contributed by atoms with E-state index in [1.807, 2.05) is 0 Å². The Morgan fingerprint density at radius 2 is 1.62 bits per heavy atom. The third kappa shape index (κ3) is 4.51. The van der Waals surface area contributed by atoms with Crippen molar-refractivity contribution in [2.75, 3.05) is 6.79 Å². The van der Waals surface area contributed by atoms with E-state index in [0.29, 0.717) is 34.8 Å². The van der Waals surface area contributed by atoms with Gasteiger partial charge in [-0.15, -0.1) is 0 Å². The lowest BCUT2D eigenvalue weighted by Crippen LogP contribution is -2.29. The second kappa shape index (κ2) is 9.09. The zero-order chi connectivity index (χ0) is 26.3. The van der Waals surface area contributed by atoms with E-state index < -0.39 is 41.0 Å². The van der Waals surface area contributed by atoms with Gasteiger partial charge in [0.2, 0.25) is 6.79 Å². The van der Waals surface area contributed by atoms with Crippen molar-refractivity contribution in [2.45, 2.75) is 12.7 Å². The average molecular weight is 510 g/mol. The van der Waals surface area contributed by atoms with Crippen molar-refractivity contribution < 1.29 is 31.4 Å². The van der Waals surface area contributed by atoms with Gasteiger partial charge >= 0.3 is 6.18 Å². The monoisotopic (exact) mass is 510 g/mol. The average Bonchev–Trinajstić information content (AvgIpc) is 3.34. The minimum atomic E-state index is -4.99. The highest BCUT2D eigenvalue weighted by Crippen LogP contribution is 2.38. The van der Waals surface area contributed by atoms with E-state index in [9.17, 15) is 32.0 Å². The van der Waals surface area contributed by atoms with Gasteiger partial charge in [-0.2, -0.15) is 18.4 Å². The third-order valence-electron chi connectivity index (χ3n) is 5.93. The van der Waals surface area contributed by atoms with Gasteiger partial charge in [-0.3, -0.25) is 4.79 Å². The van der Waals surface area contributed by atoms with Crippen LogP contribution in [-0.4, -0.2) is 11.4 Å². The zero-order valence-electron chi connectivity index (χ0n) is 18.8. The molecule has 5 rings (SSSR count). The van der Waals surface area contributed by atoms with Gasteiger partial charge < -0.3 is 14.0 Å². The molecule has 0 radical (unpaired) electrons. The van der Waals surface area contributed by atoms with Crippen molar-refractivity contribution in [3.8, 4) is 40.0 Å². The van der Waals surface area contributed by atoms with Crippen LogP contribution in [-0.2, 0) is 12.7 Å². The van der Waals surface area contributed by atoms with Crippen LogP contribution in [0.3, 0.4) is 0 Å². The Hall–Kier alpha value is -4.65. The topological polar surface area (TPSA) is 64.2 Å². The molecule has 0 saturated carbocycles. The Balaban J connectivity index is 1.71. The van der Waals surface area contributed by atoms with Gasteiger partial charge in [-0.05, 0) is 47.0 Å². The van der Waals surface area contributed by atoms with Gasteiger partial charge in [0.05, 0.1) is 17.8 Å². The van der Waals surface area contributed by atoms with E-state index >= 15 is 0 Å². The highest BCUT2D eigenvalue weighted by atomic mass is 19.4. The summed E-state index contributed by atoms with van der Waals surface area (Å²) in [4.78, 5) is 13.1. The van der Waals surface area contributed by atoms with Crippen LogP contribution in [0.25, 0.3) is 22.4 Å². The number of nitriles is 1. The summed E-state index contributed by atoms with van der Waals surface area (Å²) >= 11 is 0. The second-order valence-electron chi connectivity index (χ2n) is 8.20. The molecule has 10 heteroatoms. The molecule has 186 valence electrons. The molecule has 0 amide bonds. The van der Waals surface area contributed by atoms with Crippen LogP contribution in [0.15, 0.2) is 71.5 Å². The van der Waals surface area contributed by atoms with Crippen molar-refractivity contribution in [1.82, 2.24) is 4.57 Å². The molecule has 0 bridgehead atoms. The summed E-state index contributed by atoms with van der Waals surface area (Å²) in [6.07, 6.45) is -4.99. The molecule has 0 saturated heterocycles. The fourth-order valence-corrected chi connectivity index (χ4v) is 4.13. The molecule has 0 atom stereocenters. The lowest BCUT2D eigenvalue weighted by molar-refractivity contribution is -0.137. The Bertz CT molecular complexity index is 1640. The van der Waals surface area contributed by atoms with Crippen LogP contribution in [0, 0.1) is 23.0 Å². The molecule has 0 N–H and O–H groups in total. The van der Waals surface area contributed by atoms with Gasteiger partial charge in [0.15, 0.2) is 11.5 Å². The van der Waals surface area contributed by atoms with Crippen LogP contribution in [0.2, 0.25) is 0 Å². The first-order valence-corrected chi connectivity index (χ1v) is 10.9. The van der Waals surface area contributed by atoms with Crippen LogP contribution in [0.5, 0.6) is 11.5 Å². The molecule has 0 unspecified atom stereocenters. The van der Waals surface area contributed by atoms with Crippen molar-refractivity contribution in [1.29, 1.82) is 5.26 Å². The molecule has 37 heavy (non-hydrogen) atoms. The van der Waals surface area contributed by atoms with Crippen molar-refractivity contribution >= 4 is 0 Å². The number of fused-ring (bicyclic) bond motifs is 1. The number of halogens is 5. The van der Waals surface area contributed by atoms with Gasteiger partial charge in [0, 0.05) is 11.6 Å². The Kier molecular flexibility index (Phi) is 5.91. The smallest absolute Gasteiger partial charge is 0.417 e. The summed E-state index contributed by atoms with van der Waals surface area (Å²) in [6.45, 7) is -0.460. The third-order valence-corrected chi connectivity index (χ3v) is 5.93. The molecule has 1 aliphatic rings. The largest absolute Gasteiger partial charge is 0.454 e. The Labute approximate surface area is 206 Å². The Morgan fingerprint density at radius 1 is 0.892 bits per heavy atom. The van der Waals surface area contributed by atoms with Crippen LogP contribution in [0.4, 0.5) is 22.0 Å². The van der Waals surface area contributed by atoms with Crippen molar-refractivity contribution in [2.24, 2.45) is 0 Å². The zero-order valence-corrected chi connectivity index (χ0v) is 18.8. The number of aromatic nitrogens is 1. The number of rotatable bonds is 4. The van der Waals surface area contributed by atoms with E-state index in [0.717, 1.165) is 16.7 Å². The van der Waals surface area contributed by atoms with Gasteiger partial charge in [-0.1, -0.05) is 30.3 Å². The molecule has 0 spiro atoms. The summed E-state index contributed by atoms with van der Waals surface area (Å²) in [5, 5.41) is 9.37. The summed E-state index contributed by atoms with van der Waals surface area (Å²) in [7, 11) is 0. The molecule has 0 aliphatic carbocycles. The SMILES string of the molecule is N#Cc1c(C(F)(F)F)cc(-c2cccc(-c3ccc4c(c3)OCO4)c2)n(Cc2ccc(F)cc2F)c1=O. The highest BCUT2D eigenvalue weighted by Gasteiger charge is 2.36. The summed E-state index contributed by atoms with van der Waals surface area (Å²) in [5.74, 6) is -0.776. The first-order chi connectivity index (χ1) is 17.7. The number of benzene rings is 3. The molecule has 2 heterocycles. The van der Waals surface area contributed by atoms with E-state index in [2.05, 4.69) is 0 Å². The summed E-state index contributed by atoms with van der Waals surface area (Å²) in [5.41, 5.74) is -2.61. The molecule has 1 aliphatic heterocycles. The number of alkyl halides is 3. The van der Waals surface area contributed by atoms with Crippen LogP contribution in [0.1, 0.15) is 16.7 Å². The normalized spacial score (nSPS) is 12.4. The minimum absolute atomic E-state index is 0.0660. The fraction of sp³-hybridized carbons (Fsp3) is 0.111. The molecule has 0 fully saturated rings. The fourth-order valence-electron chi connectivity index (χ4n) is 4.13. The molecule has 5 nitrogen and oxygen atoms in total. The second-order valence-corrected chi connectivity index (χ2v) is 8.20. The number of nitrogens with zero attached hydrogens (tertiary/aromatic N) is 2. The molecule has 1 aromatic heterocycles. The molecular formula is C27H15F5N2O3. The maximum atomic E-state index is 14.4. The van der Waals surface area contributed by atoms with Crippen LogP contribution >= 0.6 is 0 Å². The van der Waals surface area contributed by atoms with Gasteiger partial charge in [-0.25, -0.2) is 8.78 Å². The lowest BCUT2D eigenvalue weighted by Gasteiger charge is -2.18. The first-order valence-electron chi connectivity index (χ1n) is 10.9. The predicted octanol–water partition coefficient (Wildman–Crippen LogP) is 6.13. The highest BCUT2D eigenvalue weighted by molar-refractivity contribution is 5.74. The quantitative estimate of drug-likeness (QED) is 0.310. The van der Waals surface area contributed by atoms with E-state index in [4.69, 9.17) is 9.47 Å². The van der Waals surface area contributed by atoms with Crippen molar-refractivity contribution in [3.05, 3.63) is 105 Å². The summed E-state index contributed by atoms with van der Waals surface area (Å²) in [6, 6.07) is 16.2. The molecule has 4 aromatic rings. The van der Waals surface area contributed by atoms with Crippen molar-refractivity contribution in [3.63, 3.8) is 0 Å². The van der Waals surface area contributed by atoms with Crippen LogP contribution < -0.4 is 15.0 Å². The van der Waals surface area contributed by atoms with E-state index in [1.165, 1.54) is 12.1 Å². The standard InChI is InChI=1S/C27H15F5N2O3/c28-19-6-4-18(22(29)10-19)13-34-23(11-21(27(30,31)32)20(12-33)26(34)35)17-3-1-2-15(8-17)16-5-7-24-25(9-16)37-14-36-24/h1-11H,13-14H2. The molecule has 3 aromatic carbocycles. The van der Waals surface area contributed by atoms with Gasteiger partial charge in [0.1, 0.15) is 23.3 Å². The maximum Gasteiger partial charge on any atom is 0.417 e. The first kappa shape index (κ1) is 24.1. The van der Waals surface area contributed by atoms with E-state index in [1.54, 1.807) is 36.4 Å². The maximum absolute atomic E-state index is 14.4. The number of pyridine rings is 1. The number of ether oxygens (including phenoxy) is 2. The number of hydrogen-bond donors (Lipinski definition) is 0.